The van der Waals surface area contributed by atoms with Crippen LogP contribution in [0, 0.1) is 0 Å². The van der Waals surface area contributed by atoms with Gasteiger partial charge in [0.1, 0.15) is 0 Å². The van der Waals surface area contributed by atoms with Crippen molar-refractivity contribution in [3.8, 4) is 0 Å². The van der Waals surface area contributed by atoms with E-state index in [0.717, 1.165) is 12.8 Å². The Kier molecular flexibility index (Phi) is 18.7. The molecule has 4 nitrogen and oxygen atoms in total. The summed E-state index contributed by atoms with van der Waals surface area (Å²) in [6.07, 6.45) is 3.15. The van der Waals surface area contributed by atoms with Gasteiger partial charge in [0.05, 0.1) is 12.6 Å². The van der Waals surface area contributed by atoms with Crippen LogP contribution in [-0.4, -0.2) is 18.5 Å². The van der Waals surface area contributed by atoms with Gasteiger partial charge < -0.3 is 14.6 Å². The van der Waals surface area contributed by atoms with Gasteiger partial charge in [-0.2, -0.15) is 0 Å². The molecule has 0 saturated heterocycles. The van der Waals surface area contributed by atoms with E-state index in [0.29, 0.717) is 6.61 Å². The number of carbonyl (C=O) groups excluding carboxylic acids is 2. The fourth-order valence-corrected chi connectivity index (χ4v) is 0.376. The average Bonchev–Trinajstić information content (AvgIpc) is 2.18. The van der Waals surface area contributed by atoms with Crippen LogP contribution in [0.2, 0.25) is 0 Å². The molecule has 0 aromatic heterocycles. The Labute approximate surface area is 119 Å². The number of aliphatic carboxylic acids is 1. The summed E-state index contributed by atoms with van der Waals surface area (Å²) in [5, 5.41) is 9.49. The number of carbonyl (C=O) groups is 2. The van der Waals surface area contributed by atoms with E-state index in [9.17, 15) is 14.7 Å². The summed E-state index contributed by atoms with van der Waals surface area (Å²) in [4.78, 5) is 19.8. The molecule has 0 aliphatic heterocycles. The number of carboxylic acid groups (broad SMARTS) is 1. The Bertz CT molecular complexity index is 224. The molecule has 0 atom stereocenters. The van der Waals surface area contributed by atoms with Crippen molar-refractivity contribution in [1.82, 2.24) is 0 Å². The minimum atomic E-state index is -1.19. The van der Waals surface area contributed by atoms with E-state index in [1.807, 2.05) is 6.92 Å². The van der Waals surface area contributed by atoms with Gasteiger partial charge in [-0.25, -0.2) is 4.79 Å². The average molecular weight is 236 g/mol. The van der Waals surface area contributed by atoms with E-state index < -0.39 is 5.97 Å². The van der Waals surface area contributed by atoms with Crippen molar-refractivity contribution in [2.45, 2.75) is 26.7 Å². The van der Waals surface area contributed by atoms with Crippen molar-refractivity contribution in [2.75, 3.05) is 6.61 Å². The molecule has 0 rings (SSSR count). The molecule has 0 saturated carbocycles. The SMILES string of the molecule is C=C(C)C(=O)[O-].C=CC(=O)OCCCC.[Na+]. The third kappa shape index (κ3) is 19.1. The number of ether oxygens (including phenoxy) is 1. The quantitative estimate of drug-likeness (QED) is 0.236. The molecule has 0 spiro atoms. The molecule has 86 valence electrons. The summed E-state index contributed by atoms with van der Waals surface area (Å²) in [7, 11) is 0. The number of hydrogen-bond acceptors (Lipinski definition) is 4. The molecule has 5 heteroatoms. The van der Waals surface area contributed by atoms with Gasteiger partial charge in [0.15, 0.2) is 0 Å². The van der Waals surface area contributed by atoms with Crippen LogP contribution in [0.5, 0.6) is 0 Å². The van der Waals surface area contributed by atoms with Crippen LogP contribution < -0.4 is 34.7 Å². The Morgan fingerprint density at radius 1 is 1.44 bits per heavy atom. The van der Waals surface area contributed by atoms with Crippen molar-refractivity contribution in [1.29, 1.82) is 0 Å². The Morgan fingerprint density at radius 2 is 1.88 bits per heavy atom. The van der Waals surface area contributed by atoms with Gasteiger partial charge in [-0.05, 0) is 18.9 Å². The second-order valence-corrected chi connectivity index (χ2v) is 2.79. The first-order valence-corrected chi connectivity index (χ1v) is 4.61. The van der Waals surface area contributed by atoms with Crippen LogP contribution in [0.4, 0.5) is 0 Å². The summed E-state index contributed by atoms with van der Waals surface area (Å²) < 4.78 is 4.67. The first-order valence-electron chi connectivity index (χ1n) is 4.61. The minimum Gasteiger partial charge on any atom is -0.545 e. The van der Waals surface area contributed by atoms with Crippen LogP contribution in [0.1, 0.15) is 26.7 Å². The molecular formula is C11H17NaO4. The topological polar surface area (TPSA) is 66.4 Å². The summed E-state index contributed by atoms with van der Waals surface area (Å²) in [5.41, 5.74) is 0.0648. The van der Waals surface area contributed by atoms with Crippen molar-refractivity contribution in [3.05, 3.63) is 24.8 Å². The van der Waals surface area contributed by atoms with Crippen molar-refractivity contribution < 1.29 is 49.0 Å². The van der Waals surface area contributed by atoms with E-state index in [2.05, 4.69) is 17.9 Å². The second-order valence-electron chi connectivity index (χ2n) is 2.79. The Morgan fingerprint density at radius 3 is 2.12 bits per heavy atom. The number of hydrogen-bond donors (Lipinski definition) is 0. The molecule has 0 aromatic rings. The standard InChI is InChI=1S/C7H12O2.C4H6O2.Na/c1-3-5-6-9-7(8)4-2;1-3(2)4(5)6;/h4H,2-3,5-6H2,1H3;1H2,2H3,(H,5,6);/q;;+1/p-1. The van der Waals surface area contributed by atoms with Crippen LogP contribution >= 0.6 is 0 Å². The molecule has 0 aliphatic rings. The Hall–Kier alpha value is -0.580. The van der Waals surface area contributed by atoms with Crippen LogP contribution in [0.25, 0.3) is 0 Å². The van der Waals surface area contributed by atoms with Gasteiger partial charge in [-0.15, -0.1) is 0 Å². The normalized spacial score (nSPS) is 7.62. The zero-order valence-corrected chi connectivity index (χ0v) is 12.2. The molecule has 0 aromatic carbocycles. The monoisotopic (exact) mass is 236 g/mol. The maximum Gasteiger partial charge on any atom is 1.00 e. The molecule has 0 bridgehead atoms. The van der Waals surface area contributed by atoms with Gasteiger partial charge in [-0.3, -0.25) is 0 Å². The van der Waals surface area contributed by atoms with Gasteiger partial charge in [0.2, 0.25) is 0 Å². The predicted octanol–water partition coefficient (Wildman–Crippen LogP) is -2.17. The first kappa shape index (κ1) is 20.8. The van der Waals surface area contributed by atoms with Gasteiger partial charge >= 0.3 is 35.5 Å². The van der Waals surface area contributed by atoms with Crippen molar-refractivity contribution >= 4 is 11.9 Å². The smallest absolute Gasteiger partial charge is 0.545 e. The summed E-state index contributed by atoms with van der Waals surface area (Å²) in [5.74, 6) is -1.52. The third-order valence-corrected chi connectivity index (χ3v) is 1.26. The van der Waals surface area contributed by atoms with E-state index in [4.69, 9.17) is 0 Å². The molecule has 16 heavy (non-hydrogen) atoms. The maximum absolute atomic E-state index is 10.3. The molecule has 0 aliphatic carbocycles. The molecule has 0 unspecified atom stereocenters. The first-order chi connectivity index (χ1) is 6.95. The predicted molar refractivity (Wildman–Crippen MR) is 55.9 cm³/mol. The van der Waals surface area contributed by atoms with Crippen molar-refractivity contribution in [3.63, 3.8) is 0 Å². The van der Waals surface area contributed by atoms with Gasteiger partial charge in [0.25, 0.3) is 0 Å². The fraction of sp³-hybridized carbons (Fsp3) is 0.455. The minimum absolute atomic E-state index is 0. The number of esters is 1. The molecule has 0 fully saturated rings. The fourth-order valence-electron chi connectivity index (χ4n) is 0.376. The van der Waals surface area contributed by atoms with E-state index in [1.54, 1.807) is 0 Å². The van der Waals surface area contributed by atoms with Crippen molar-refractivity contribution in [2.24, 2.45) is 0 Å². The molecule has 0 radical (unpaired) electrons. The zero-order chi connectivity index (χ0) is 12.3. The molecule has 0 heterocycles. The summed E-state index contributed by atoms with van der Waals surface area (Å²) in [6, 6.07) is 0. The Balaban J connectivity index is -0.000000214. The number of carboxylic acids is 1. The largest absolute Gasteiger partial charge is 1.00 e. The van der Waals surface area contributed by atoms with E-state index in [-0.39, 0.29) is 41.1 Å². The van der Waals surface area contributed by atoms with E-state index in [1.165, 1.54) is 13.0 Å². The molecule has 0 N–H and O–H groups in total. The molecular weight excluding hydrogens is 219 g/mol. The van der Waals surface area contributed by atoms with Gasteiger partial charge in [-0.1, -0.05) is 26.5 Å². The summed E-state index contributed by atoms with van der Waals surface area (Å²) >= 11 is 0. The zero-order valence-electron chi connectivity index (χ0n) is 10.2. The van der Waals surface area contributed by atoms with Crippen LogP contribution in [0.3, 0.4) is 0 Å². The maximum atomic E-state index is 10.3. The van der Waals surface area contributed by atoms with Gasteiger partial charge in [0, 0.05) is 6.08 Å². The second kappa shape index (κ2) is 14.4. The number of unbranched alkanes of at least 4 members (excludes halogenated alkanes) is 1. The van der Waals surface area contributed by atoms with E-state index >= 15 is 0 Å². The van der Waals surface area contributed by atoms with Crippen LogP contribution in [0.15, 0.2) is 24.8 Å². The third-order valence-electron chi connectivity index (χ3n) is 1.26. The molecule has 0 amide bonds. The summed E-state index contributed by atoms with van der Waals surface area (Å²) in [6.45, 7) is 10.3. The number of rotatable bonds is 5. The van der Waals surface area contributed by atoms with Crippen LogP contribution in [-0.2, 0) is 14.3 Å².